The van der Waals surface area contributed by atoms with Crippen molar-refractivity contribution < 1.29 is 9.59 Å². The second kappa shape index (κ2) is 6.33. The van der Waals surface area contributed by atoms with Crippen LogP contribution in [0.1, 0.15) is 12.8 Å². The first-order valence-electron chi connectivity index (χ1n) is 6.41. The van der Waals surface area contributed by atoms with Crippen molar-refractivity contribution in [3.05, 3.63) is 18.7 Å². The molecule has 0 spiro atoms. The molecule has 0 bridgehead atoms. The number of likely N-dealkylation sites (tertiary alicyclic amines) is 1. The molecule has 0 aliphatic carbocycles. The fraction of sp³-hybridized carbons (Fsp3) is 0.583. The van der Waals surface area contributed by atoms with Crippen molar-refractivity contribution in [2.45, 2.75) is 18.9 Å². The van der Waals surface area contributed by atoms with E-state index in [2.05, 4.69) is 20.5 Å². The predicted octanol–water partition coefficient (Wildman–Crippen LogP) is -0.349. The van der Waals surface area contributed by atoms with Gasteiger partial charge in [0.15, 0.2) is 0 Å². The molecule has 0 aromatic carbocycles. The number of imidazole rings is 1. The minimum Gasteiger partial charge on any atom is -0.358 e. The summed E-state index contributed by atoms with van der Waals surface area (Å²) in [5.41, 5.74) is 0. The Labute approximate surface area is 112 Å². The lowest BCUT2D eigenvalue weighted by Crippen LogP contribution is -2.47. The fourth-order valence-corrected chi connectivity index (χ4v) is 2.15. The second-order valence-corrected chi connectivity index (χ2v) is 4.64. The van der Waals surface area contributed by atoms with Crippen molar-refractivity contribution in [1.82, 2.24) is 25.1 Å². The molecule has 0 saturated carbocycles. The first-order chi connectivity index (χ1) is 9.19. The van der Waals surface area contributed by atoms with Crippen molar-refractivity contribution in [3.8, 4) is 0 Å². The van der Waals surface area contributed by atoms with Crippen molar-refractivity contribution in [1.29, 1.82) is 0 Å². The van der Waals surface area contributed by atoms with Gasteiger partial charge < -0.3 is 10.6 Å². The lowest BCUT2D eigenvalue weighted by Gasteiger charge is -2.31. The van der Waals surface area contributed by atoms with Crippen molar-refractivity contribution in [3.63, 3.8) is 0 Å². The van der Waals surface area contributed by atoms with Gasteiger partial charge in [-0.25, -0.2) is 9.78 Å². The lowest BCUT2D eigenvalue weighted by molar-refractivity contribution is -0.122. The molecule has 19 heavy (non-hydrogen) atoms. The Morgan fingerprint density at radius 1 is 1.37 bits per heavy atom. The Morgan fingerprint density at radius 3 is 2.68 bits per heavy atom. The van der Waals surface area contributed by atoms with Crippen LogP contribution >= 0.6 is 0 Å². The van der Waals surface area contributed by atoms with E-state index in [-0.39, 0.29) is 18.0 Å². The van der Waals surface area contributed by atoms with Crippen LogP contribution in [-0.4, -0.2) is 59.1 Å². The largest absolute Gasteiger partial charge is 0.358 e. The fourth-order valence-electron chi connectivity index (χ4n) is 2.15. The molecule has 1 aliphatic rings. The third-order valence-electron chi connectivity index (χ3n) is 3.30. The minimum atomic E-state index is -0.151. The van der Waals surface area contributed by atoms with Gasteiger partial charge in [0.05, 0.1) is 6.54 Å². The Bertz CT molecular complexity index is 423. The smallest absolute Gasteiger partial charge is 0.327 e. The van der Waals surface area contributed by atoms with E-state index in [0.717, 1.165) is 25.9 Å². The van der Waals surface area contributed by atoms with E-state index in [9.17, 15) is 9.59 Å². The molecule has 1 aromatic rings. The third kappa shape index (κ3) is 3.78. The molecule has 0 radical (unpaired) electrons. The number of carbonyl (C=O) groups is 2. The van der Waals surface area contributed by atoms with Gasteiger partial charge in [-0.15, -0.1) is 0 Å². The van der Waals surface area contributed by atoms with E-state index in [4.69, 9.17) is 0 Å². The van der Waals surface area contributed by atoms with Gasteiger partial charge in [0.25, 0.3) is 0 Å². The van der Waals surface area contributed by atoms with Crippen LogP contribution < -0.4 is 10.6 Å². The zero-order valence-electron chi connectivity index (χ0n) is 11.0. The van der Waals surface area contributed by atoms with Gasteiger partial charge in [-0.3, -0.25) is 14.3 Å². The van der Waals surface area contributed by atoms with Crippen LogP contribution in [-0.2, 0) is 4.79 Å². The summed E-state index contributed by atoms with van der Waals surface area (Å²) >= 11 is 0. The van der Waals surface area contributed by atoms with Crippen LogP contribution in [0.15, 0.2) is 18.7 Å². The summed E-state index contributed by atoms with van der Waals surface area (Å²) < 4.78 is 1.43. The summed E-state index contributed by atoms with van der Waals surface area (Å²) in [5.74, 6) is 0.0286. The van der Waals surface area contributed by atoms with E-state index in [1.54, 1.807) is 19.4 Å². The predicted molar refractivity (Wildman–Crippen MR) is 69.7 cm³/mol. The number of nitrogens with zero attached hydrogens (tertiary/aromatic N) is 3. The molecule has 2 N–H and O–H groups in total. The number of aromatic nitrogens is 2. The third-order valence-corrected chi connectivity index (χ3v) is 3.30. The zero-order valence-corrected chi connectivity index (χ0v) is 11.0. The van der Waals surface area contributed by atoms with Crippen molar-refractivity contribution in [2.75, 3.05) is 26.7 Å². The maximum absolute atomic E-state index is 11.8. The summed E-state index contributed by atoms with van der Waals surface area (Å²) in [6.45, 7) is 2.07. The molecule has 7 heteroatoms. The molecular formula is C12H19N5O2. The second-order valence-electron chi connectivity index (χ2n) is 4.64. The summed E-state index contributed by atoms with van der Waals surface area (Å²) in [7, 11) is 1.64. The first kappa shape index (κ1) is 13.5. The van der Waals surface area contributed by atoms with E-state index in [1.165, 1.54) is 10.9 Å². The van der Waals surface area contributed by atoms with E-state index >= 15 is 0 Å². The summed E-state index contributed by atoms with van der Waals surface area (Å²) in [4.78, 5) is 29.0. The Kier molecular flexibility index (Phi) is 4.51. The average molecular weight is 265 g/mol. The number of nitrogens with one attached hydrogen (secondary N) is 2. The number of hydrogen-bond donors (Lipinski definition) is 2. The molecule has 0 atom stereocenters. The molecule has 1 aliphatic heterocycles. The Balaban J connectivity index is 1.74. The Hall–Kier alpha value is -1.89. The van der Waals surface area contributed by atoms with Gasteiger partial charge >= 0.3 is 6.03 Å². The molecule has 0 unspecified atom stereocenters. The summed E-state index contributed by atoms with van der Waals surface area (Å²) in [6.07, 6.45) is 6.40. The van der Waals surface area contributed by atoms with Crippen molar-refractivity contribution >= 4 is 11.9 Å². The molecule has 104 valence electrons. The molecular weight excluding hydrogens is 246 g/mol. The molecule has 1 saturated heterocycles. The highest BCUT2D eigenvalue weighted by Gasteiger charge is 2.22. The van der Waals surface area contributed by atoms with Crippen LogP contribution in [0.5, 0.6) is 0 Å². The van der Waals surface area contributed by atoms with Gasteiger partial charge in [0, 0.05) is 38.6 Å². The average Bonchev–Trinajstić information content (AvgIpc) is 2.95. The van der Waals surface area contributed by atoms with Crippen LogP contribution in [0.25, 0.3) is 0 Å². The molecule has 7 nitrogen and oxygen atoms in total. The topological polar surface area (TPSA) is 79.3 Å². The van der Waals surface area contributed by atoms with Crippen LogP contribution in [0.3, 0.4) is 0 Å². The van der Waals surface area contributed by atoms with Gasteiger partial charge in [0.2, 0.25) is 5.91 Å². The van der Waals surface area contributed by atoms with E-state index in [1.807, 2.05) is 0 Å². The molecule has 2 rings (SSSR count). The quantitative estimate of drug-likeness (QED) is 0.783. The van der Waals surface area contributed by atoms with Gasteiger partial charge in [-0.2, -0.15) is 0 Å². The number of piperidine rings is 1. The highest BCUT2D eigenvalue weighted by atomic mass is 16.2. The maximum atomic E-state index is 11.8. The molecule has 1 fully saturated rings. The highest BCUT2D eigenvalue weighted by molar-refractivity contribution is 5.77. The highest BCUT2D eigenvalue weighted by Crippen LogP contribution is 2.10. The van der Waals surface area contributed by atoms with Crippen LogP contribution in [0.4, 0.5) is 4.79 Å². The molecule has 2 amide bonds. The normalized spacial score (nSPS) is 17.1. The number of hydrogen-bond acceptors (Lipinski definition) is 4. The SMILES string of the molecule is CNC(=O)CN1CCC(NC(=O)n2ccnc2)CC1. The van der Waals surface area contributed by atoms with Crippen LogP contribution in [0.2, 0.25) is 0 Å². The maximum Gasteiger partial charge on any atom is 0.327 e. The van der Waals surface area contributed by atoms with Gasteiger partial charge in [-0.1, -0.05) is 0 Å². The first-order valence-corrected chi connectivity index (χ1v) is 6.41. The Morgan fingerprint density at radius 2 is 2.11 bits per heavy atom. The van der Waals surface area contributed by atoms with Crippen molar-refractivity contribution in [2.24, 2.45) is 0 Å². The lowest BCUT2D eigenvalue weighted by atomic mass is 10.1. The van der Waals surface area contributed by atoms with Crippen LogP contribution in [0, 0.1) is 0 Å². The molecule has 2 heterocycles. The zero-order chi connectivity index (χ0) is 13.7. The molecule has 1 aromatic heterocycles. The van der Waals surface area contributed by atoms with Gasteiger partial charge in [0.1, 0.15) is 6.33 Å². The standard InChI is InChI=1S/C12H19N5O2/c1-13-11(18)8-16-5-2-10(3-6-16)15-12(19)17-7-4-14-9-17/h4,7,9-10H,2-3,5-6,8H2,1H3,(H,13,18)(H,15,19). The van der Waals surface area contributed by atoms with E-state index in [0.29, 0.717) is 6.54 Å². The number of rotatable bonds is 3. The number of carbonyl (C=O) groups excluding carboxylic acids is 2. The number of likely N-dealkylation sites (N-methyl/N-ethyl adjacent to an activating group) is 1. The monoisotopic (exact) mass is 265 g/mol. The number of amides is 2. The minimum absolute atomic E-state index is 0.0286. The van der Waals surface area contributed by atoms with Gasteiger partial charge in [-0.05, 0) is 12.8 Å². The summed E-state index contributed by atoms with van der Waals surface area (Å²) in [6, 6.07) is 0.0121. The van der Waals surface area contributed by atoms with E-state index < -0.39 is 0 Å². The summed E-state index contributed by atoms with van der Waals surface area (Å²) in [5, 5.41) is 5.58.